The van der Waals surface area contributed by atoms with Gasteiger partial charge in [0.1, 0.15) is 5.75 Å². The van der Waals surface area contributed by atoms with Crippen LogP contribution in [0.4, 0.5) is 0 Å². The lowest BCUT2D eigenvalue weighted by atomic mass is 10.2. The molecule has 0 spiro atoms. The van der Waals surface area contributed by atoms with E-state index in [9.17, 15) is 14.4 Å². The predicted molar refractivity (Wildman–Crippen MR) is 138 cm³/mol. The van der Waals surface area contributed by atoms with Gasteiger partial charge in [0, 0.05) is 13.6 Å². The van der Waals surface area contributed by atoms with Crippen LogP contribution in [0, 0.1) is 3.57 Å². The molecule has 0 bridgehead atoms. The number of benzene rings is 3. The first-order chi connectivity index (χ1) is 15.8. The molecule has 2 amide bonds. The summed E-state index contributed by atoms with van der Waals surface area (Å²) in [6.07, 6.45) is 1.33. The summed E-state index contributed by atoms with van der Waals surface area (Å²) in [6.45, 7) is -0.256. The van der Waals surface area contributed by atoms with Crippen LogP contribution < -0.4 is 15.5 Å². The number of esters is 1. The molecule has 0 atom stereocenters. The van der Waals surface area contributed by atoms with Crippen molar-refractivity contribution in [3.05, 3.63) is 96.5 Å². The van der Waals surface area contributed by atoms with E-state index in [4.69, 9.17) is 16.3 Å². The Labute approximate surface area is 216 Å². The SMILES string of the molecule is O=C(CNC(=O)c1ccccc1I)N/N=C/c1cc(Br)ccc1OC(=O)c1ccccc1Cl. The summed E-state index contributed by atoms with van der Waals surface area (Å²) in [4.78, 5) is 36.7. The summed E-state index contributed by atoms with van der Waals surface area (Å²) in [5.41, 5.74) is 3.47. The van der Waals surface area contributed by atoms with E-state index in [-0.39, 0.29) is 28.8 Å². The summed E-state index contributed by atoms with van der Waals surface area (Å²) in [5.74, 6) is -1.28. The van der Waals surface area contributed by atoms with E-state index in [1.54, 1.807) is 60.7 Å². The Morgan fingerprint density at radius 1 is 1.03 bits per heavy atom. The number of carbonyl (C=O) groups is 3. The Morgan fingerprint density at radius 2 is 1.73 bits per heavy atom. The van der Waals surface area contributed by atoms with Crippen molar-refractivity contribution in [1.29, 1.82) is 0 Å². The molecular weight excluding hydrogens is 625 g/mol. The number of amides is 2. The maximum atomic E-state index is 12.5. The maximum absolute atomic E-state index is 12.5. The summed E-state index contributed by atoms with van der Waals surface area (Å²) >= 11 is 11.5. The molecule has 33 heavy (non-hydrogen) atoms. The number of hydrogen-bond donors (Lipinski definition) is 2. The zero-order chi connectivity index (χ0) is 23.8. The number of ether oxygens (including phenoxy) is 1. The van der Waals surface area contributed by atoms with Gasteiger partial charge in [-0.15, -0.1) is 0 Å². The second kappa shape index (κ2) is 11.9. The highest BCUT2D eigenvalue weighted by Crippen LogP contribution is 2.24. The molecule has 7 nitrogen and oxygen atoms in total. The van der Waals surface area contributed by atoms with Gasteiger partial charge in [-0.2, -0.15) is 5.10 Å². The largest absolute Gasteiger partial charge is 0.422 e. The van der Waals surface area contributed by atoms with Crippen molar-refractivity contribution < 1.29 is 19.1 Å². The van der Waals surface area contributed by atoms with Crippen molar-refractivity contribution in [2.75, 3.05) is 6.54 Å². The average molecular weight is 641 g/mol. The number of nitrogens with one attached hydrogen (secondary N) is 2. The normalized spacial score (nSPS) is 10.6. The Morgan fingerprint density at radius 3 is 2.45 bits per heavy atom. The second-order valence-electron chi connectivity index (χ2n) is 6.51. The molecule has 0 radical (unpaired) electrons. The van der Waals surface area contributed by atoms with E-state index in [0.29, 0.717) is 11.1 Å². The van der Waals surface area contributed by atoms with Gasteiger partial charge in [0.05, 0.1) is 28.9 Å². The first-order valence-electron chi connectivity index (χ1n) is 9.46. The Hall–Kier alpha value is -2.76. The monoisotopic (exact) mass is 639 g/mol. The van der Waals surface area contributed by atoms with Crippen molar-refractivity contribution >= 4 is 74.1 Å². The molecule has 3 aromatic rings. The Balaban J connectivity index is 1.61. The average Bonchev–Trinajstić information content (AvgIpc) is 2.79. The predicted octanol–water partition coefficient (Wildman–Crippen LogP) is 4.81. The maximum Gasteiger partial charge on any atom is 0.345 e. The lowest BCUT2D eigenvalue weighted by Crippen LogP contribution is -2.35. The zero-order valence-electron chi connectivity index (χ0n) is 16.8. The molecule has 0 unspecified atom stereocenters. The fraction of sp³-hybridized carbons (Fsp3) is 0.0435. The molecule has 0 aliphatic carbocycles. The lowest BCUT2D eigenvalue weighted by Gasteiger charge is -2.09. The van der Waals surface area contributed by atoms with E-state index in [1.807, 2.05) is 28.7 Å². The number of hydrazone groups is 1. The van der Waals surface area contributed by atoms with Crippen molar-refractivity contribution in [2.24, 2.45) is 5.10 Å². The van der Waals surface area contributed by atoms with E-state index in [1.165, 1.54) is 6.21 Å². The number of carbonyl (C=O) groups excluding carboxylic acids is 3. The van der Waals surface area contributed by atoms with Crippen LogP contribution in [0.5, 0.6) is 5.75 Å². The van der Waals surface area contributed by atoms with Crippen LogP contribution in [-0.4, -0.2) is 30.5 Å². The molecule has 0 aromatic heterocycles. The molecule has 3 rings (SSSR count). The van der Waals surface area contributed by atoms with Gasteiger partial charge in [-0.3, -0.25) is 9.59 Å². The molecule has 3 aromatic carbocycles. The summed E-state index contributed by atoms with van der Waals surface area (Å²) in [6, 6.07) is 18.5. The van der Waals surface area contributed by atoms with Gasteiger partial charge >= 0.3 is 5.97 Å². The summed E-state index contributed by atoms with van der Waals surface area (Å²) in [5, 5.41) is 6.71. The molecule has 0 heterocycles. The number of hydrogen-bond acceptors (Lipinski definition) is 5. The minimum absolute atomic E-state index is 0.224. The molecule has 0 fully saturated rings. The quantitative estimate of drug-likeness (QED) is 0.128. The van der Waals surface area contributed by atoms with Crippen LogP contribution in [-0.2, 0) is 4.79 Å². The van der Waals surface area contributed by atoms with Gasteiger partial charge in [-0.05, 0) is 65.1 Å². The van der Waals surface area contributed by atoms with Crippen LogP contribution in [0.2, 0.25) is 5.02 Å². The van der Waals surface area contributed by atoms with Gasteiger partial charge in [0.15, 0.2) is 0 Å². The third kappa shape index (κ3) is 7.11. The third-order valence-electron chi connectivity index (χ3n) is 4.19. The van der Waals surface area contributed by atoms with E-state index < -0.39 is 11.9 Å². The van der Waals surface area contributed by atoms with Crippen LogP contribution >= 0.6 is 50.1 Å². The molecular formula is C23H16BrClIN3O4. The second-order valence-corrected chi connectivity index (χ2v) is 8.99. The van der Waals surface area contributed by atoms with Crippen molar-refractivity contribution in [3.63, 3.8) is 0 Å². The van der Waals surface area contributed by atoms with E-state index in [2.05, 4.69) is 31.8 Å². The van der Waals surface area contributed by atoms with Gasteiger partial charge in [-0.1, -0.05) is 51.8 Å². The van der Waals surface area contributed by atoms with Crippen molar-refractivity contribution in [1.82, 2.24) is 10.7 Å². The highest BCUT2D eigenvalue weighted by molar-refractivity contribution is 14.1. The highest BCUT2D eigenvalue weighted by atomic mass is 127. The number of rotatable bonds is 7. The standard InChI is InChI=1S/C23H16BrClIN3O4/c24-15-9-10-20(33-23(32)16-5-1-3-7-18(16)25)14(11-15)12-28-29-21(30)13-27-22(31)17-6-2-4-8-19(17)26/h1-12H,13H2,(H,27,31)(H,29,30)/b28-12+. The molecule has 0 saturated heterocycles. The molecule has 0 saturated carbocycles. The minimum Gasteiger partial charge on any atom is -0.422 e. The fourth-order valence-electron chi connectivity index (χ4n) is 2.61. The van der Waals surface area contributed by atoms with Crippen LogP contribution in [0.25, 0.3) is 0 Å². The third-order valence-corrected chi connectivity index (χ3v) is 5.95. The smallest absolute Gasteiger partial charge is 0.345 e. The summed E-state index contributed by atoms with van der Waals surface area (Å²) < 4.78 is 6.96. The van der Waals surface area contributed by atoms with Gasteiger partial charge < -0.3 is 10.1 Å². The number of nitrogens with zero attached hydrogens (tertiary/aromatic N) is 1. The van der Waals surface area contributed by atoms with Crippen molar-refractivity contribution in [3.8, 4) is 5.75 Å². The van der Waals surface area contributed by atoms with Crippen LogP contribution in [0.1, 0.15) is 26.3 Å². The fourth-order valence-corrected chi connectivity index (χ4v) is 3.83. The topological polar surface area (TPSA) is 96.9 Å². The van der Waals surface area contributed by atoms with E-state index >= 15 is 0 Å². The number of halogens is 3. The zero-order valence-corrected chi connectivity index (χ0v) is 21.3. The lowest BCUT2D eigenvalue weighted by molar-refractivity contribution is -0.120. The molecule has 0 aliphatic rings. The van der Waals surface area contributed by atoms with Crippen molar-refractivity contribution in [2.45, 2.75) is 0 Å². The first-order valence-corrected chi connectivity index (χ1v) is 11.7. The molecule has 10 heteroatoms. The van der Waals surface area contributed by atoms with E-state index in [0.717, 1.165) is 8.04 Å². The van der Waals surface area contributed by atoms with Gasteiger partial charge in [-0.25, -0.2) is 10.2 Å². The molecule has 2 N–H and O–H groups in total. The van der Waals surface area contributed by atoms with Crippen LogP contribution in [0.15, 0.2) is 76.3 Å². The van der Waals surface area contributed by atoms with Gasteiger partial charge in [0.2, 0.25) is 0 Å². The van der Waals surface area contributed by atoms with Crippen LogP contribution in [0.3, 0.4) is 0 Å². The molecule has 0 aliphatic heterocycles. The Kier molecular flexibility index (Phi) is 8.98. The highest BCUT2D eigenvalue weighted by Gasteiger charge is 2.15. The molecule has 168 valence electrons. The summed E-state index contributed by atoms with van der Waals surface area (Å²) in [7, 11) is 0. The Bertz CT molecular complexity index is 1240. The minimum atomic E-state index is -0.625. The first kappa shape index (κ1) is 24.9. The van der Waals surface area contributed by atoms with Gasteiger partial charge in [0.25, 0.3) is 11.8 Å².